The van der Waals surface area contributed by atoms with Gasteiger partial charge in [0.1, 0.15) is 6.17 Å². The lowest BCUT2D eigenvalue weighted by Crippen LogP contribution is -2.45. The Morgan fingerprint density at radius 2 is 1.84 bits per heavy atom. The maximum atomic E-state index is 14.1. The average Bonchev–Trinajstić information content (AvgIpc) is 2.30. The molecule has 0 radical (unpaired) electrons. The standard InChI is InChI=1S/C15H30FNO2/c1-11(2)8-7-9-19-15(5,6)13(16)10-17-14(18)12(3)4/h11-13H,7-10H2,1-6H3,(H,17,18). The van der Waals surface area contributed by atoms with Gasteiger partial charge >= 0.3 is 0 Å². The first-order valence-electron chi connectivity index (χ1n) is 7.22. The van der Waals surface area contributed by atoms with Crippen molar-refractivity contribution in [3.63, 3.8) is 0 Å². The van der Waals surface area contributed by atoms with E-state index in [9.17, 15) is 9.18 Å². The van der Waals surface area contributed by atoms with Gasteiger partial charge in [-0.2, -0.15) is 0 Å². The highest BCUT2D eigenvalue weighted by Gasteiger charge is 2.30. The quantitative estimate of drug-likeness (QED) is 0.655. The second kappa shape index (κ2) is 8.51. The minimum absolute atomic E-state index is 0.00813. The summed E-state index contributed by atoms with van der Waals surface area (Å²) < 4.78 is 19.7. The minimum Gasteiger partial charge on any atom is -0.372 e. The zero-order valence-electron chi connectivity index (χ0n) is 13.3. The van der Waals surface area contributed by atoms with E-state index in [-0.39, 0.29) is 18.4 Å². The number of rotatable bonds is 9. The smallest absolute Gasteiger partial charge is 0.222 e. The summed E-state index contributed by atoms with van der Waals surface area (Å²) in [5, 5.41) is 2.60. The van der Waals surface area contributed by atoms with Crippen molar-refractivity contribution in [1.29, 1.82) is 0 Å². The van der Waals surface area contributed by atoms with Gasteiger partial charge in [0, 0.05) is 12.5 Å². The molecule has 1 N–H and O–H groups in total. The van der Waals surface area contributed by atoms with E-state index in [1.54, 1.807) is 27.7 Å². The SMILES string of the molecule is CC(C)CCCOC(C)(C)C(F)CNC(=O)C(C)C. The van der Waals surface area contributed by atoms with Gasteiger partial charge in [-0.3, -0.25) is 4.79 Å². The van der Waals surface area contributed by atoms with Gasteiger partial charge in [0.15, 0.2) is 0 Å². The lowest BCUT2D eigenvalue weighted by molar-refractivity contribution is -0.125. The molecule has 4 heteroatoms. The van der Waals surface area contributed by atoms with Crippen LogP contribution >= 0.6 is 0 Å². The fourth-order valence-electron chi connectivity index (χ4n) is 1.56. The molecule has 0 aromatic heterocycles. The Labute approximate surface area is 117 Å². The van der Waals surface area contributed by atoms with Crippen LogP contribution in [0, 0.1) is 11.8 Å². The van der Waals surface area contributed by atoms with Crippen molar-refractivity contribution in [2.45, 2.75) is 66.2 Å². The summed E-state index contributed by atoms with van der Waals surface area (Å²) in [7, 11) is 0. The molecule has 3 nitrogen and oxygen atoms in total. The molecule has 0 bridgehead atoms. The summed E-state index contributed by atoms with van der Waals surface area (Å²) in [5.74, 6) is 0.388. The molecule has 19 heavy (non-hydrogen) atoms. The molecule has 0 spiro atoms. The van der Waals surface area contributed by atoms with Crippen LogP contribution in [0.5, 0.6) is 0 Å². The van der Waals surface area contributed by atoms with Crippen molar-refractivity contribution < 1.29 is 13.9 Å². The largest absolute Gasteiger partial charge is 0.372 e. The van der Waals surface area contributed by atoms with E-state index in [4.69, 9.17) is 4.74 Å². The lowest BCUT2D eigenvalue weighted by atomic mass is 10.0. The predicted molar refractivity (Wildman–Crippen MR) is 76.8 cm³/mol. The van der Waals surface area contributed by atoms with Gasteiger partial charge in [-0.05, 0) is 32.6 Å². The summed E-state index contributed by atoms with van der Waals surface area (Å²) in [4.78, 5) is 11.4. The molecular weight excluding hydrogens is 245 g/mol. The van der Waals surface area contributed by atoms with Crippen LogP contribution in [-0.4, -0.2) is 30.8 Å². The number of amides is 1. The van der Waals surface area contributed by atoms with Crippen molar-refractivity contribution in [2.24, 2.45) is 11.8 Å². The molecule has 1 atom stereocenters. The Bertz CT molecular complexity index is 265. The first-order valence-corrected chi connectivity index (χ1v) is 7.22. The Hall–Kier alpha value is -0.640. The van der Waals surface area contributed by atoms with E-state index in [1.165, 1.54) is 0 Å². The van der Waals surface area contributed by atoms with Crippen LogP contribution in [0.15, 0.2) is 0 Å². The number of carbonyl (C=O) groups excluding carboxylic acids is 1. The number of alkyl halides is 1. The van der Waals surface area contributed by atoms with Crippen LogP contribution in [0.4, 0.5) is 4.39 Å². The van der Waals surface area contributed by atoms with E-state index >= 15 is 0 Å². The van der Waals surface area contributed by atoms with Gasteiger partial charge in [0.2, 0.25) is 5.91 Å². The van der Waals surface area contributed by atoms with Gasteiger partial charge in [0.05, 0.1) is 12.1 Å². The van der Waals surface area contributed by atoms with Crippen molar-refractivity contribution in [2.75, 3.05) is 13.2 Å². The summed E-state index contributed by atoms with van der Waals surface area (Å²) in [6, 6.07) is 0. The molecule has 0 saturated carbocycles. The van der Waals surface area contributed by atoms with E-state index in [2.05, 4.69) is 19.2 Å². The number of halogens is 1. The summed E-state index contributed by atoms with van der Waals surface area (Å²) in [6.45, 7) is 11.9. The highest BCUT2D eigenvalue weighted by atomic mass is 19.1. The third kappa shape index (κ3) is 8.19. The van der Waals surface area contributed by atoms with Crippen molar-refractivity contribution >= 4 is 5.91 Å². The molecule has 0 aromatic carbocycles. The average molecular weight is 275 g/mol. The van der Waals surface area contributed by atoms with Crippen molar-refractivity contribution in [3.05, 3.63) is 0 Å². The maximum absolute atomic E-state index is 14.1. The number of carbonyl (C=O) groups is 1. The fourth-order valence-corrected chi connectivity index (χ4v) is 1.56. The molecule has 114 valence electrons. The first kappa shape index (κ1) is 18.4. The summed E-state index contributed by atoms with van der Waals surface area (Å²) in [6.07, 6.45) is 0.817. The Balaban J connectivity index is 3.99. The second-order valence-electron chi connectivity index (χ2n) is 6.36. The Morgan fingerprint density at radius 1 is 1.26 bits per heavy atom. The van der Waals surface area contributed by atoms with Crippen molar-refractivity contribution in [3.8, 4) is 0 Å². The van der Waals surface area contributed by atoms with Gasteiger partial charge in [-0.25, -0.2) is 4.39 Å². The molecule has 0 aromatic rings. The van der Waals surface area contributed by atoms with Crippen LogP contribution in [0.3, 0.4) is 0 Å². The number of nitrogens with one attached hydrogen (secondary N) is 1. The molecular formula is C15H30FNO2. The van der Waals surface area contributed by atoms with Crippen LogP contribution in [-0.2, 0) is 9.53 Å². The second-order valence-corrected chi connectivity index (χ2v) is 6.36. The predicted octanol–water partition coefficient (Wildman–Crippen LogP) is 3.33. The Morgan fingerprint density at radius 3 is 2.32 bits per heavy atom. The molecule has 0 aliphatic heterocycles. The third-order valence-electron chi connectivity index (χ3n) is 3.13. The molecule has 0 heterocycles. The maximum Gasteiger partial charge on any atom is 0.222 e. The molecule has 1 unspecified atom stereocenters. The lowest BCUT2D eigenvalue weighted by Gasteiger charge is -2.29. The molecule has 0 aliphatic rings. The summed E-state index contributed by atoms with van der Waals surface area (Å²) in [5.41, 5.74) is -0.860. The van der Waals surface area contributed by atoms with E-state index < -0.39 is 11.8 Å². The number of hydrogen-bond donors (Lipinski definition) is 1. The highest BCUT2D eigenvalue weighted by Crippen LogP contribution is 2.19. The molecule has 0 rings (SSSR count). The zero-order valence-corrected chi connectivity index (χ0v) is 13.3. The Kier molecular flexibility index (Phi) is 8.23. The van der Waals surface area contributed by atoms with Gasteiger partial charge < -0.3 is 10.1 Å². The first-order chi connectivity index (χ1) is 8.66. The van der Waals surface area contributed by atoms with Crippen LogP contribution < -0.4 is 5.32 Å². The van der Waals surface area contributed by atoms with Gasteiger partial charge in [-0.15, -0.1) is 0 Å². The van der Waals surface area contributed by atoms with Gasteiger partial charge in [-0.1, -0.05) is 27.7 Å². The number of ether oxygens (including phenoxy) is 1. The van der Waals surface area contributed by atoms with E-state index in [0.717, 1.165) is 12.8 Å². The highest BCUT2D eigenvalue weighted by molar-refractivity contribution is 5.77. The van der Waals surface area contributed by atoms with Crippen LogP contribution in [0.1, 0.15) is 54.4 Å². The summed E-state index contributed by atoms with van der Waals surface area (Å²) >= 11 is 0. The van der Waals surface area contributed by atoms with Crippen molar-refractivity contribution in [1.82, 2.24) is 5.32 Å². The van der Waals surface area contributed by atoms with Crippen LogP contribution in [0.25, 0.3) is 0 Å². The molecule has 0 fully saturated rings. The molecule has 0 aliphatic carbocycles. The zero-order chi connectivity index (χ0) is 15.1. The molecule has 1 amide bonds. The van der Waals surface area contributed by atoms with Crippen LogP contribution in [0.2, 0.25) is 0 Å². The van der Waals surface area contributed by atoms with E-state index in [1.807, 2.05) is 0 Å². The number of hydrogen-bond acceptors (Lipinski definition) is 2. The fraction of sp³-hybridized carbons (Fsp3) is 0.933. The van der Waals surface area contributed by atoms with E-state index in [0.29, 0.717) is 12.5 Å². The monoisotopic (exact) mass is 275 g/mol. The molecule has 0 saturated heterocycles. The van der Waals surface area contributed by atoms with Gasteiger partial charge in [0.25, 0.3) is 0 Å². The third-order valence-corrected chi connectivity index (χ3v) is 3.13. The minimum atomic E-state index is -1.20. The normalized spacial score (nSPS) is 13.9. The topological polar surface area (TPSA) is 38.3 Å².